The van der Waals surface area contributed by atoms with Gasteiger partial charge in [-0.2, -0.15) is 0 Å². The van der Waals surface area contributed by atoms with E-state index in [0.29, 0.717) is 6.04 Å². The molecule has 118 valence electrons. The van der Waals surface area contributed by atoms with Crippen molar-refractivity contribution in [2.45, 2.75) is 32.0 Å². The number of rotatable bonds is 5. The zero-order chi connectivity index (χ0) is 15.4. The van der Waals surface area contributed by atoms with Crippen LogP contribution in [0.1, 0.15) is 24.1 Å². The van der Waals surface area contributed by atoms with Gasteiger partial charge in [-0.3, -0.25) is 4.90 Å². The number of imidazole rings is 1. The number of nitrogens with zero attached hydrogens (tertiary/aromatic N) is 3. The van der Waals surface area contributed by atoms with Gasteiger partial charge in [0.05, 0.1) is 12.0 Å². The van der Waals surface area contributed by atoms with E-state index in [1.165, 1.54) is 24.1 Å². The third-order valence-corrected chi connectivity index (χ3v) is 4.65. The summed E-state index contributed by atoms with van der Waals surface area (Å²) in [4.78, 5) is 6.68. The van der Waals surface area contributed by atoms with Crippen LogP contribution in [0.3, 0.4) is 0 Å². The van der Waals surface area contributed by atoms with Crippen LogP contribution in [0.5, 0.6) is 0 Å². The normalized spacial score (nSPS) is 17.0. The fraction of sp³-hybridized carbons (Fsp3) is 0.471. The van der Waals surface area contributed by atoms with Crippen LogP contribution in [0.15, 0.2) is 36.8 Å². The lowest BCUT2D eigenvalue weighted by Gasteiger charge is -2.32. The van der Waals surface area contributed by atoms with E-state index in [4.69, 9.17) is 11.6 Å². The standard InChI is InChI=1S/C17H23ClN4/c1-21-13-19-10-17(21)11-20-16-6-8-22(9-7-16)12-14-2-4-15(18)5-3-14/h2-5,10,13,16,20H,6-9,11-12H2,1H3. The number of halogens is 1. The van der Waals surface area contributed by atoms with Crippen LogP contribution < -0.4 is 5.32 Å². The van der Waals surface area contributed by atoms with E-state index in [1.807, 2.05) is 31.7 Å². The average Bonchev–Trinajstić information content (AvgIpc) is 2.94. The van der Waals surface area contributed by atoms with Crippen LogP contribution in [0.2, 0.25) is 5.02 Å². The second kappa shape index (κ2) is 7.27. The van der Waals surface area contributed by atoms with Gasteiger partial charge in [-0.1, -0.05) is 23.7 Å². The third-order valence-electron chi connectivity index (χ3n) is 4.40. The predicted octanol–water partition coefficient (Wildman–Crippen LogP) is 2.83. The summed E-state index contributed by atoms with van der Waals surface area (Å²) in [6, 6.07) is 8.79. The molecule has 1 aromatic carbocycles. The van der Waals surface area contributed by atoms with Gasteiger partial charge in [0, 0.05) is 37.4 Å². The molecule has 2 heterocycles. The van der Waals surface area contributed by atoms with Crippen LogP contribution in [0, 0.1) is 0 Å². The lowest BCUT2D eigenvalue weighted by Crippen LogP contribution is -2.42. The number of nitrogens with one attached hydrogen (secondary N) is 1. The highest BCUT2D eigenvalue weighted by Crippen LogP contribution is 2.16. The van der Waals surface area contributed by atoms with Gasteiger partial charge in [-0.15, -0.1) is 0 Å². The van der Waals surface area contributed by atoms with Gasteiger partial charge in [0.2, 0.25) is 0 Å². The van der Waals surface area contributed by atoms with Crippen LogP contribution >= 0.6 is 11.6 Å². The molecule has 3 rings (SSSR count). The first-order chi connectivity index (χ1) is 10.7. The van der Waals surface area contributed by atoms with E-state index in [9.17, 15) is 0 Å². The Hall–Kier alpha value is -1.36. The summed E-state index contributed by atoms with van der Waals surface area (Å²) >= 11 is 5.93. The van der Waals surface area contributed by atoms with Crippen molar-refractivity contribution in [1.82, 2.24) is 19.8 Å². The van der Waals surface area contributed by atoms with E-state index in [2.05, 4.69) is 31.9 Å². The summed E-state index contributed by atoms with van der Waals surface area (Å²) in [5, 5.41) is 4.46. The molecule has 1 aliphatic heterocycles. The molecule has 1 aliphatic rings. The molecule has 4 nitrogen and oxygen atoms in total. The Kier molecular flexibility index (Phi) is 5.13. The fourth-order valence-electron chi connectivity index (χ4n) is 2.95. The van der Waals surface area contributed by atoms with E-state index >= 15 is 0 Å². The average molecular weight is 319 g/mol. The van der Waals surface area contributed by atoms with Crippen molar-refractivity contribution in [2.24, 2.45) is 7.05 Å². The molecule has 0 saturated carbocycles. The van der Waals surface area contributed by atoms with E-state index in [0.717, 1.165) is 31.2 Å². The maximum Gasteiger partial charge on any atom is 0.0945 e. The highest BCUT2D eigenvalue weighted by Gasteiger charge is 2.19. The van der Waals surface area contributed by atoms with Crippen molar-refractivity contribution < 1.29 is 0 Å². The van der Waals surface area contributed by atoms with Crippen LogP contribution in [-0.2, 0) is 20.1 Å². The SMILES string of the molecule is Cn1cncc1CNC1CCN(Cc2ccc(Cl)cc2)CC1. The minimum absolute atomic E-state index is 0.608. The number of hydrogen-bond donors (Lipinski definition) is 1. The number of aryl methyl sites for hydroxylation is 1. The predicted molar refractivity (Wildman–Crippen MR) is 89.8 cm³/mol. The number of likely N-dealkylation sites (tertiary alicyclic amines) is 1. The molecule has 0 amide bonds. The zero-order valence-corrected chi connectivity index (χ0v) is 13.8. The number of benzene rings is 1. The summed E-state index contributed by atoms with van der Waals surface area (Å²) < 4.78 is 2.07. The topological polar surface area (TPSA) is 33.1 Å². The first-order valence-electron chi connectivity index (χ1n) is 7.86. The first-order valence-corrected chi connectivity index (χ1v) is 8.24. The molecule has 1 N–H and O–H groups in total. The molecular formula is C17H23ClN4. The van der Waals surface area contributed by atoms with Gasteiger partial charge >= 0.3 is 0 Å². The van der Waals surface area contributed by atoms with E-state index < -0.39 is 0 Å². The molecule has 0 spiro atoms. The Morgan fingerprint density at radius 1 is 1.23 bits per heavy atom. The lowest BCUT2D eigenvalue weighted by atomic mass is 10.0. The molecule has 0 atom stereocenters. The van der Waals surface area contributed by atoms with Gasteiger partial charge in [-0.25, -0.2) is 4.98 Å². The minimum Gasteiger partial charge on any atom is -0.337 e. The maximum absolute atomic E-state index is 5.93. The summed E-state index contributed by atoms with van der Waals surface area (Å²) in [7, 11) is 2.04. The molecule has 1 fully saturated rings. The van der Waals surface area contributed by atoms with E-state index in [1.54, 1.807) is 0 Å². The molecule has 0 radical (unpaired) electrons. The van der Waals surface area contributed by atoms with E-state index in [-0.39, 0.29) is 0 Å². The van der Waals surface area contributed by atoms with Crippen molar-refractivity contribution in [3.05, 3.63) is 53.1 Å². The first kappa shape index (κ1) is 15.5. The molecular weight excluding hydrogens is 296 g/mol. The molecule has 0 unspecified atom stereocenters. The fourth-order valence-corrected chi connectivity index (χ4v) is 3.07. The zero-order valence-electron chi connectivity index (χ0n) is 13.0. The Morgan fingerprint density at radius 2 is 1.95 bits per heavy atom. The molecule has 2 aromatic rings. The molecule has 5 heteroatoms. The van der Waals surface area contributed by atoms with Gasteiger partial charge in [0.25, 0.3) is 0 Å². The van der Waals surface area contributed by atoms with Crippen molar-refractivity contribution in [3.63, 3.8) is 0 Å². The Bertz CT molecular complexity index is 585. The summed E-state index contributed by atoms with van der Waals surface area (Å²) in [6.07, 6.45) is 6.19. The van der Waals surface area contributed by atoms with Crippen molar-refractivity contribution in [1.29, 1.82) is 0 Å². The molecule has 0 aliphatic carbocycles. The van der Waals surface area contributed by atoms with Gasteiger partial charge in [-0.05, 0) is 43.6 Å². The van der Waals surface area contributed by atoms with Gasteiger partial charge in [0.15, 0.2) is 0 Å². The van der Waals surface area contributed by atoms with Crippen LogP contribution in [0.25, 0.3) is 0 Å². The van der Waals surface area contributed by atoms with Crippen molar-refractivity contribution in [3.8, 4) is 0 Å². The van der Waals surface area contributed by atoms with Crippen LogP contribution in [-0.4, -0.2) is 33.6 Å². The summed E-state index contributed by atoms with van der Waals surface area (Å²) in [5.41, 5.74) is 2.58. The van der Waals surface area contributed by atoms with Crippen molar-refractivity contribution >= 4 is 11.6 Å². The Balaban J connectivity index is 1.42. The minimum atomic E-state index is 0.608. The largest absolute Gasteiger partial charge is 0.337 e. The number of aromatic nitrogens is 2. The quantitative estimate of drug-likeness (QED) is 0.920. The molecule has 1 saturated heterocycles. The molecule has 22 heavy (non-hydrogen) atoms. The van der Waals surface area contributed by atoms with Gasteiger partial charge < -0.3 is 9.88 Å². The second-order valence-corrected chi connectivity index (χ2v) is 6.49. The molecule has 0 bridgehead atoms. The summed E-state index contributed by atoms with van der Waals surface area (Å²) in [6.45, 7) is 4.21. The van der Waals surface area contributed by atoms with Crippen molar-refractivity contribution in [2.75, 3.05) is 13.1 Å². The third kappa shape index (κ3) is 4.09. The lowest BCUT2D eigenvalue weighted by molar-refractivity contribution is 0.189. The maximum atomic E-state index is 5.93. The smallest absolute Gasteiger partial charge is 0.0945 e. The highest BCUT2D eigenvalue weighted by atomic mass is 35.5. The van der Waals surface area contributed by atoms with Gasteiger partial charge in [0.1, 0.15) is 0 Å². The monoisotopic (exact) mass is 318 g/mol. The summed E-state index contributed by atoms with van der Waals surface area (Å²) in [5.74, 6) is 0. The second-order valence-electron chi connectivity index (χ2n) is 6.05. The van der Waals surface area contributed by atoms with Crippen LogP contribution in [0.4, 0.5) is 0 Å². The Labute approximate surface area is 137 Å². The Morgan fingerprint density at radius 3 is 2.59 bits per heavy atom. The number of piperidine rings is 1. The highest BCUT2D eigenvalue weighted by molar-refractivity contribution is 6.30. The molecule has 1 aromatic heterocycles. The number of hydrogen-bond acceptors (Lipinski definition) is 3.